The van der Waals surface area contributed by atoms with Crippen molar-refractivity contribution in [2.75, 3.05) is 5.32 Å². The average molecular weight is 225 g/mol. The van der Waals surface area contributed by atoms with Gasteiger partial charge in [0, 0.05) is 11.9 Å². The zero-order valence-corrected chi connectivity index (χ0v) is 9.75. The van der Waals surface area contributed by atoms with Gasteiger partial charge in [-0.3, -0.25) is 10.1 Å². The van der Waals surface area contributed by atoms with Gasteiger partial charge in [0.2, 0.25) is 5.82 Å². The second-order valence-electron chi connectivity index (χ2n) is 4.37. The Morgan fingerprint density at radius 1 is 1.50 bits per heavy atom. The van der Waals surface area contributed by atoms with E-state index in [1.807, 2.05) is 0 Å². The predicted octanol–water partition coefficient (Wildman–Crippen LogP) is 1.43. The monoisotopic (exact) mass is 225 g/mol. The zero-order chi connectivity index (χ0) is 12.3. The van der Waals surface area contributed by atoms with Crippen molar-refractivity contribution in [2.24, 2.45) is 0 Å². The Labute approximate surface area is 93.0 Å². The summed E-state index contributed by atoms with van der Waals surface area (Å²) in [7, 11) is 0. The van der Waals surface area contributed by atoms with Gasteiger partial charge in [-0.2, -0.15) is 0 Å². The highest BCUT2D eigenvalue weighted by Gasteiger charge is 2.17. The second kappa shape index (κ2) is 4.34. The van der Waals surface area contributed by atoms with E-state index >= 15 is 0 Å². The normalized spacial score (nSPS) is 11.0. The number of anilines is 1. The Bertz CT molecular complexity index is 445. The van der Waals surface area contributed by atoms with Crippen LogP contribution in [0.25, 0.3) is 0 Å². The highest BCUT2D eigenvalue weighted by molar-refractivity contribution is 5.83. The summed E-state index contributed by atoms with van der Waals surface area (Å²) < 4.78 is 4.98. The molecule has 6 heteroatoms. The molecule has 16 heavy (non-hydrogen) atoms. The molecule has 0 aromatic carbocycles. The molecule has 0 spiro atoms. The molecule has 0 radical (unpaired) electrons. The van der Waals surface area contributed by atoms with E-state index in [9.17, 15) is 9.59 Å². The van der Waals surface area contributed by atoms with Crippen LogP contribution < -0.4 is 10.9 Å². The molecule has 2 N–H and O–H groups in total. The number of aromatic nitrogens is 2. The molecule has 88 valence electrons. The third-order valence-electron chi connectivity index (χ3n) is 1.53. The number of hydrogen-bond acceptors (Lipinski definition) is 4. The third kappa shape index (κ3) is 3.72. The number of carbonyl (C=O) groups excluding carboxylic acids is 1. The second-order valence-corrected chi connectivity index (χ2v) is 4.37. The van der Waals surface area contributed by atoms with E-state index in [4.69, 9.17) is 4.74 Å². The lowest BCUT2D eigenvalue weighted by Crippen LogP contribution is -2.29. The molecule has 0 atom stereocenters. The summed E-state index contributed by atoms with van der Waals surface area (Å²) in [5.41, 5.74) is -0.438. The van der Waals surface area contributed by atoms with Crippen LogP contribution in [0.2, 0.25) is 0 Å². The van der Waals surface area contributed by atoms with E-state index in [1.54, 1.807) is 27.7 Å². The summed E-state index contributed by atoms with van der Waals surface area (Å²) in [6, 6.07) is 0. The molecule has 6 nitrogen and oxygen atoms in total. The fourth-order valence-electron chi connectivity index (χ4n) is 0.980. The summed E-state index contributed by atoms with van der Waals surface area (Å²) in [6.07, 6.45) is 0.753. The number of aryl methyl sites for hydroxylation is 1. The fraction of sp³-hybridized carbons (Fsp3) is 0.500. The molecule has 0 bridgehead atoms. The summed E-state index contributed by atoms with van der Waals surface area (Å²) in [5.74, 6) is -0.0696. The van der Waals surface area contributed by atoms with Gasteiger partial charge in [-0.05, 0) is 27.7 Å². The van der Waals surface area contributed by atoms with E-state index in [2.05, 4.69) is 15.3 Å². The zero-order valence-electron chi connectivity index (χ0n) is 9.75. The van der Waals surface area contributed by atoms with Crippen molar-refractivity contribution in [2.45, 2.75) is 33.3 Å². The van der Waals surface area contributed by atoms with Gasteiger partial charge in [0.25, 0.3) is 5.56 Å². The molecule has 1 rings (SSSR count). The van der Waals surface area contributed by atoms with Crippen molar-refractivity contribution in [1.29, 1.82) is 0 Å². The first kappa shape index (κ1) is 12.2. The molecule has 0 aliphatic heterocycles. The van der Waals surface area contributed by atoms with Gasteiger partial charge in [-0.1, -0.05) is 0 Å². The van der Waals surface area contributed by atoms with Gasteiger partial charge in [0.1, 0.15) is 5.60 Å². The number of nitrogens with zero attached hydrogens (tertiary/aromatic N) is 1. The number of hydrogen-bond donors (Lipinski definition) is 2. The quantitative estimate of drug-likeness (QED) is 0.757. The summed E-state index contributed by atoms with van der Waals surface area (Å²) in [6.45, 7) is 6.91. The Hall–Kier alpha value is -1.85. The van der Waals surface area contributed by atoms with Crippen LogP contribution in [0.4, 0.5) is 10.6 Å². The summed E-state index contributed by atoms with van der Waals surface area (Å²) in [5, 5.41) is 2.28. The van der Waals surface area contributed by atoms with Gasteiger partial charge in [0.05, 0.1) is 0 Å². The minimum absolute atomic E-state index is 0.0696. The molecular weight excluding hydrogens is 210 g/mol. The van der Waals surface area contributed by atoms with E-state index in [1.165, 1.54) is 6.20 Å². The lowest BCUT2D eigenvalue weighted by Gasteiger charge is -2.19. The third-order valence-corrected chi connectivity index (χ3v) is 1.53. The number of nitrogens with one attached hydrogen (secondary N) is 2. The Morgan fingerprint density at radius 3 is 2.62 bits per heavy atom. The van der Waals surface area contributed by atoms with Crippen molar-refractivity contribution >= 4 is 11.9 Å². The molecular formula is C10H15N3O3. The van der Waals surface area contributed by atoms with E-state index in [0.29, 0.717) is 5.69 Å². The maximum absolute atomic E-state index is 11.4. The molecule has 1 aromatic heterocycles. The van der Waals surface area contributed by atoms with Crippen LogP contribution in [-0.4, -0.2) is 21.7 Å². The van der Waals surface area contributed by atoms with Gasteiger partial charge < -0.3 is 9.72 Å². The lowest BCUT2D eigenvalue weighted by atomic mass is 10.2. The summed E-state index contributed by atoms with van der Waals surface area (Å²) in [4.78, 5) is 29.0. The van der Waals surface area contributed by atoms with E-state index in [0.717, 1.165) is 0 Å². The minimum Gasteiger partial charge on any atom is -0.444 e. The number of rotatable bonds is 1. The van der Waals surface area contributed by atoms with Gasteiger partial charge in [-0.25, -0.2) is 9.78 Å². The van der Waals surface area contributed by atoms with Gasteiger partial charge in [0.15, 0.2) is 0 Å². The Morgan fingerprint density at radius 2 is 2.12 bits per heavy atom. The SMILES string of the molecule is Cc1cnc(NC(=O)OC(C)(C)C)c(=O)[nH]1. The predicted molar refractivity (Wildman–Crippen MR) is 59.5 cm³/mol. The van der Waals surface area contributed by atoms with Crippen LogP contribution in [0.15, 0.2) is 11.0 Å². The molecule has 0 saturated carbocycles. The van der Waals surface area contributed by atoms with Crippen LogP contribution in [0.1, 0.15) is 26.5 Å². The largest absolute Gasteiger partial charge is 0.444 e. The van der Waals surface area contributed by atoms with E-state index < -0.39 is 17.3 Å². The van der Waals surface area contributed by atoms with Crippen molar-refractivity contribution in [3.8, 4) is 0 Å². The first-order valence-corrected chi connectivity index (χ1v) is 4.84. The van der Waals surface area contributed by atoms with Crippen molar-refractivity contribution in [3.63, 3.8) is 0 Å². The first-order chi connectivity index (χ1) is 7.28. The molecule has 1 aromatic rings. The lowest BCUT2D eigenvalue weighted by molar-refractivity contribution is 0.0635. The highest BCUT2D eigenvalue weighted by Crippen LogP contribution is 2.08. The maximum Gasteiger partial charge on any atom is 0.413 e. The number of ether oxygens (including phenoxy) is 1. The van der Waals surface area contributed by atoms with Gasteiger partial charge in [-0.15, -0.1) is 0 Å². The summed E-state index contributed by atoms with van der Waals surface area (Å²) >= 11 is 0. The number of carbonyl (C=O) groups is 1. The number of amides is 1. The molecule has 1 amide bonds. The molecule has 1 heterocycles. The van der Waals surface area contributed by atoms with Crippen LogP contribution in [0, 0.1) is 6.92 Å². The van der Waals surface area contributed by atoms with Crippen LogP contribution in [0.5, 0.6) is 0 Å². The molecule has 0 unspecified atom stereocenters. The number of aromatic amines is 1. The van der Waals surface area contributed by atoms with Crippen LogP contribution in [-0.2, 0) is 4.74 Å². The standard InChI is InChI=1S/C10H15N3O3/c1-6-5-11-7(8(14)12-6)13-9(15)16-10(2,3)4/h5H,1-4H3,(H,12,14)(H,11,13,15). The van der Waals surface area contributed by atoms with Crippen LogP contribution >= 0.6 is 0 Å². The highest BCUT2D eigenvalue weighted by atomic mass is 16.6. The smallest absolute Gasteiger partial charge is 0.413 e. The van der Waals surface area contributed by atoms with Crippen molar-refractivity contribution in [3.05, 3.63) is 22.2 Å². The molecule has 0 fully saturated rings. The average Bonchev–Trinajstić information content (AvgIpc) is 2.06. The van der Waals surface area contributed by atoms with Crippen molar-refractivity contribution < 1.29 is 9.53 Å². The Kier molecular flexibility index (Phi) is 3.31. The molecule has 0 aliphatic rings. The van der Waals surface area contributed by atoms with Crippen LogP contribution in [0.3, 0.4) is 0 Å². The molecule has 0 saturated heterocycles. The number of H-pyrrole nitrogens is 1. The Balaban J connectivity index is 2.74. The molecule has 0 aliphatic carbocycles. The fourth-order valence-corrected chi connectivity index (χ4v) is 0.980. The topological polar surface area (TPSA) is 84.1 Å². The maximum atomic E-state index is 11.4. The van der Waals surface area contributed by atoms with Gasteiger partial charge >= 0.3 is 6.09 Å². The van der Waals surface area contributed by atoms with Crippen molar-refractivity contribution in [1.82, 2.24) is 9.97 Å². The first-order valence-electron chi connectivity index (χ1n) is 4.84. The van der Waals surface area contributed by atoms with E-state index in [-0.39, 0.29) is 5.82 Å². The minimum atomic E-state index is -0.700.